The average Bonchev–Trinajstić information content (AvgIpc) is 3.31. The minimum absolute atomic E-state index is 0.140. The Morgan fingerprint density at radius 2 is 1.94 bits per heavy atom. The fourth-order valence-electron chi connectivity index (χ4n) is 3.99. The summed E-state index contributed by atoms with van der Waals surface area (Å²) < 4.78 is 6.36. The highest BCUT2D eigenvalue weighted by Crippen LogP contribution is 2.32. The SMILES string of the molecule is CC1(c2cccc(N3CCOC3=O)c2)NC(=O)N(Cc2cc(=O)n3ccccc3n2)C1=O. The first kappa shape index (κ1) is 19.7. The summed E-state index contributed by atoms with van der Waals surface area (Å²) in [5, 5.41) is 2.74. The molecule has 0 bridgehead atoms. The monoisotopic (exact) mass is 433 g/mol. The third-order valence-corrected chi connectivity index (χ3v) is 5.72. The summed E-state index contributed by atoms with van der Waals surface area (Å²) in [6, 6.07) is 12.7. The second kappa shape index (κ2) is 7.19. The number of pyridine rings is 1. The number of rotatable bonds is 4. The predicted molar refractivity (Wildman–Crippen MR) is 113 cm³/mol. The molecule has 1 N–H and O–H groups in total. The Balaban J connectivity index is 1.45. The van der Waals surface area contributed by atoms with Gasteiger partial charge in [0.1, 0.15) is 17.8 Å². The molecule has 2 aliphatic rings. The van der Waals surface area contributed by atoms with E-state index in [0.29, 0.717) is 35.7 Å². The van der Waals surface area contributed by atoms with Gasteiger partial charge < -0.3 is 10.1 Å². The minimum atomic E-state index is -1.33. The summed E-state index contributed by atoms with van der Waals surface area (Å²) in [4.78, 5) is 57.2. The van der Waals surface area contributed by atoms with E-state index in [1.54, 1.807) is 55.6 Å². The lowest BCUT2D eigenvalue weighted by Crippen LogP contribution is -2.41. The highest BCUT2D eigenvalue weighted by molar-refractivity contribution is 6.07. The zero-order valence-corrected chi connectivity index (χ0v) is 17.1. The van der Waals surface area contributed by atoms with Crippen molar-refractivity contribution in [3.8, 4) is 0 Å². The van der Waals surface area contributed by atoms with Crippen molar-refractivity contribution in [1.29, 1.82) is 0 Å². The Labute approximate surface area is 182 Å². The molecule has 0 aliphatic carbocycles. The molecule has 2 aliphatic heterocycles. The third kappa shape index (κ3) is 3.08. The molecule has 0 radical (unpaired) electrons. The normalized spacial score (nSPS) is 20.7. The van der Waals surface area contributed by atoms with E-state index in [1.807, 2.05) is 0 Å². The number of fused-ring (bicyclic) bond motifs is 1. The van der Waals surface area contributed by atoms with Crippen molar-refractivity contribution < 1.29 is 19.1 Å². The van der Waals surface area contributed by atoms with Gasteiger partial charge in [0.15, 0.2) is 0 Å². The topological polar surface area (TPSA) is 113 Å². The molecule has 4 amide bonds. The minimum Gasteiger partial charge on any atom is -0.447 e. The number of hydrogen-bond donors (Lipinski definition) is 1. The smallest absolute Gasteiger partial charge is 0.414 e. The fourth-order valence-corrected chi connectivity index (χ4v) is 3.99. The standard InChI is InChI=1S/C22H19N5O5/c1-22(14-5-4-6-16(11-14)25-9-10-32-21(25)31)19(29)27(20(30)24-22)13-15-12-18(28)26-8-3-2-7-17(26)23-15/h2-8,11-12H,9-10,13H2,1H3,(H,24,30). The molecule has 10 nitrogen and oxygen atoms in total. The van der Waals surface area contributed by atoms with Crippen LogP contribution in [-0.4, -0.2) is 45.5 Å². The summed E-state index contributed by atoms with van der Waals surface area (Å²) >= 11 is 0. The molecule has 4 heterocycles. The van der Waals surface area contributed by atoms with Crippen LogP contribution >= 0.6 is 0 Å². The number of carbonyl (C=O) groups excluding carboxylic acids is 3. The molecule has 3 aromatic rings. The molecular weight excluding hydrogens is 414 g/mol. The summed E-state index contributed by atoms with van der Waals surface area (Å²) in [5.74, 6) is -0.473. The maximum absolute atomic E-state index is 13.3. The fraction of sp³-hybridized carbons (Fsp3) is 0.227. The van der Waals surface area contributed by atoms with Crippen LogP contribution in [0.25, 0.3) is 5.65 Å². The molecule has 2 saturated heterocycles. The number of benzene rings is 1. The Morgan fingerprint density at radius 3 is 2.72 bits per heavy atom. The largest absolute Gasteiger partial charge is 0.447 e. The van der Waals surface area contributed by atoms with E-state index < -0.39 is 23.6 Å². The lowest BCUT2D eigenvalue weighted by molar-refractivity contribution is -0.131. The Hall–Kier alpha value is -4.21. The molecule has 1 unspecified atom stereocenters. The van der Waals surface area contributed by atoms with Gasteiger partial charge in [-0.25, -0.2) is 14.6 Å². The number of ether oxygens (including phenoxy) is 1. The number of nitrogens with zero attached hydrogens (tertiary/aromatic N) is 4. The summed E-state index contributed by atoms with van der Waals surface area (Å²) in [6.07, 6.45) is 1.15. The van der Waals surface area contributed by atoms with Crippen LogP contribution in [0, 0.1) is 0 Å². The Kier molecular flexibility index (Phi) is 4.43. The zero-order valence-electron chi connectivity index (χ0n) is 17.1. The van der Waals surface area contributed by atoms with Crippen LogP contribution in [0.2, 0.25) is 0 Å². The van der Waals surface area contributed by atoms with Gasteiger partial charge in [0.2, 0.25) is 0 Å². The number of urea groups is 1. The molecule has 10 heteroatoms. The van der Waals surface area contributed by atoms with Crippen molar-refractivity contribution in [2.24, 2.45) is 0 Å². The number of anilines is 1. The van der Waals surface area contributed by atoms with Crippen LogP contribution in [-0.2, 0) is 21.6 Å². The molecule has 1 aromatic carbocycles. The van der Waals surface area contributed by atoms with Crippen molar-refractivity contribution in [2.45, 2.75) is 19.0 Å². The highest BCUT2D eigenvalue weighted by Gasteiger charge is 2.49. The number of amides is 4. The van der Waals surface area contributed by atoms with E-state index in [0.717, 1.165) is 4.90 Å². The average molecular weight is 433 g/mol. The number of hydrogen-bond acceptors (Lipinski definition) is 6. The predicted octanol–water partition coefficient (Wildman–Crippen LogP) is 1.62. The van der Waals surface area contributed by atoms with Crippen LogP contribution in [0.15, 0.2) is 59.5 Å². The molecule has 32 heavy (non-hydrogen) atoms. The molecule has 2 fully saturated rings. The van der Waals surface area contributed by atoms with Gasteiger partial charge in [0.05, 0.1) is 18.8 Å². The second-order valence-electron chi connectivity index (χ2n) is 7.78. The van der Waals surface area contributed by atoms with Gasteiger partial charge in [-0.15, -0.1) is 0 Å². The van der Waals surface area contributed by atoms with Crippen LogP contribution in [0.4, 0.5) is 15.3 Å². The van der Waals surface area contributed by atoms with Crippen molar-refractivity contribution in [3.05, 3.63) is 76.3 Å². The van der Waals surface area contributed by atoms with Crippen molar-refractivity contribution in [3.63, 3.8) is 0 Å². The molecular formula is C22H19N5O5. The molecule has 5 rings (SSSR count). The molecule has 0 saturated carbocycles. The van der Waals surface area contributed by atoms with E-state index in [-0.39, 0.29) is 12.1 Å². The third-order valence-electron chi connectivity index (χ3n) is 5.72. The van der Waals surface area contributed by atoms with Crippen LogP contribution in [0.1, 0.15) is 18.2 Å². The zero-order chi connectivity index (χ0) is 22.5. The second-order valence-corrected chi connectivity index (χ2v) is 7.78. The first-order valence-corrected chi connectivity index (χ1v) is 10.0. The number of aromatic nitrogens is 2. The maximum atomic E-state index is 13.3. The quantitative estimate of drug-likeness (QED) is 0.626. The Bertz CT molecular complexity index is 1340. The van der Waals surface area contributed by atoms with Gasteiger partial charge in [-0.1, -0.05) is 18.2 Å². The molecule has 1 atom stereocenters. The maximum Gasteiger partial charge on any atom is 0.414 e. The van der Waals surface area contributed by atoms with Crippen molar-refractivity contribution >= 4 is 29.4 Å². The van der Waals surface area contributed by atoms with Crippen molar-refractivity contribution in [2.75, 3.05) is 18.1 Å². The van der Waals surface area contributed by atoms with Gasteiger partial charge >= 0.3 is 12.1 Å². The van der Waals surface area contributed by atoms with E-state index in [1.165, 1.54) is 15.4 Å². The lowest BCUT2D eigenvalue weighted by Gasteiger charge is -2.24. The first-order valence-electron chi connectivity index (χ1n) is 10.0. The van der Waals surface area contributed by atoms with E-state index in [4.69, 9.17) is 4.74 Å². The lowest BCUT2D eigenvalue weighted by atomic mass is 9.91. The van der Waals surface area contributed by atoms with Crippen LogP contribution in [0.3, 0.4) is 0 Å². The number of nitrogens with one attached hydrogen (secondary N) is 1. The summed E-state index contributed by atoms with van der Waals surface area (Å²) in [7, 11) is 0. The van der Waals surface area contributed by atoms with E-state index in [9.17, 15) is 19.2 Å². The van der Waals surface area contributed by atoms with Crippen LogP contribution in [0.5, 0.6) is 0 Å². The summed E-state index contributed by atoms with van der Waals surface area (Å²) in [5.41, 5.74) is 0.212. The molecule has 0 spiro atoms. The van der Waals surface area contributed by atoms with Crippen LogP contribution < -0.4 is 15.8 Å². The van der Waals surface area contributed by atoms with Gasteiger partial charge in [0.25, 0.3) is 11.5 Å². The number of carbonyl (C=O) groups is 3. The molecule has 2 aromatic heterocycles. The van der Waals surface area contributed by atoms with Crippen molar-refractivity contribution in [1.82, 2.24) is 19.6 Å². The Morgan fingerprint density at radius 1 is 1.09 bits per heavy atom. The number of cyclic esters (lactones) is 1. The van der Waals surface area contributed by atoms with Gasteiger partial charge in [0, 0.05) is 18.0 Å². The first-order chi connectivity index (χ1) is 15.4. The number of imide groups is 1. The van der Waals surface area contributed by atoms with Gasteiger partial charge in [-0.2, -0.15) is 0 Å². The van der Waals surface area contributed by atoms with E-state index in [2.05, 4.69) is 10.3 Å². The highest BCUT2D eigenvalue weighted by atomic mass is 16.6. The summed E-state index contributed by atoms with van der Waals surface area (Å²) in [6.45, 7) is 2.17. The van der Waals surface area contributed by atoms with E-state index >= 15 is 0 Å². The van der Waals surface area contributed by atoms with Gasteiger partial charge in [-0.05, 0) is 36.8 Å². The van der Waals surface area contributed by atoms with Gasteiger partial charge in [-0.3, -0.25) is 23.8 Å². The molecule has 162 valence electrons.